The first kappa shape index (κ1) is 21.3. The first-order chi connectivity index (χ1) is 15.0. The van der Waals surface area contributed by atoms with Gasteiger partial charge < -0.3 is 14.0 Å². The fourth-order valence-corrected chi connectivity index (χ4v) is 3.93. The first-order valence-electron chi connectivity index (χ1n) is 9.56. The Bertz CT molecular complexity index is 1170. The highest BCUT2D eigenvalue weighted by Crippen LogP contribution is 2.28. The van der Waals surface area contributed by atoms with Crippen LogP contribution >= 0.6 is 23.4 Å². The van der Waals surface area contributed by atoms with Gasteiger partial charge in [0, 0.05) is 11.1 Å². The number of hydrogen-bond acceptors (Lipinski definition) is 7. The Morgan fingerprint density at radius 1 is 1.03 bits per heavy atom. The molecule has 2 aromatic carbocycles. The van der Waals surface area contributed by atoms with Crippen LogP contribution in [0.15, 0.2) is 58.2 Å². The maximum absolute atomic E-state index is 6.39. The minimum atomic E-state index is 0.243. The molecule has 0 aliphatic heterocycles. The van der Waals surface area contributed by atoms with E-state index in [-0.39, 0.29) is 6.61 Å². The Kier molecular flexibility index (Phi) is 6.48. The second kappa shape index (κ2) is 9.45. The fraction of sp³-hybridized carbons (Fsp3) is 0.227. The van der Waals surface area contributed by atoms with Crippen molar-refractivity contribution in [3.63, 3.8) is 0 Å². The molecule has 0 saturated heterocycles. The van der Waals surface area contributed by atoms with Crippen LogP contribution < -0.4 is 9.47 Å². The van der Waals surface area contributed by atoms with Crippen molar-refractivity contribution < 1.29 is 14.0 Å². The van der Waals surface area contributed by atoms with Gasteiger partial charge in [0.25, 0.3) is 0 Å². The van der Waals surface area contributed by atoms with Gasteiger partial charge in [0.2, 0.25) is 0 Å². The summed E-state index contributed by atoms with van der Waals surface area (Å²) < 4.78 is 18.4. The van der Waals surface area contributed by atoms with Crippen molar-refractivity contribution in [2.75, 3.05) is 7.11 Å². The molecule has 0 spiro atoms. The summed E-state index contributed by atoms with van der Waals surface area (Å²) in [4.78, 5) is 0. The van der Waals surface area contributed by atoms with E-state index in [1.54, 1.807) is 7.11 Å². The quantitative estimate of drug-likeness (QED) is 0.328. The third-order valence-electron chi connectivity index (χ3n) is 4.56. The van der Waals surface area contributed by atoms with E-state index in [1.165, 1.54) is 11.8 Å². The lowest BCUT2D eigenvalue weighted by Gasteiger charge is -2.12. The van der Waals surface area contributed by atoms with E-state index in [4.69, 9.17) is 25.6 Å². The lowest BCUT2D eigenvalue weighted by molar-refractivity contribution is 0.292. The van der Waals surface area contributed by atoms with Gasteiger partial charge in [-0.2, -0.15) is 0 Å². The van der Waals surface area contributed by atoms with E-state index in [0.717, 1.165) is 28.5 Å². The van der Waals surface area contributed by atoms with Crippen LogP contribution in [-0.2, 0) is 12.4 Å². The molecule has 0 N–H and O–H groups in total. The highest BCUT2D eigenvalue weighted by molar-refractivity contribution is 7.98. The Balaban J connectivity index is 1.60. The zero-order chi connectivity index (χ0) is 21.8. The van der Waals surface area contributed by atoms with E-state index < -0.39 is 0 Å². The molecule has 0 fully saturated rings. The summed E-state index contributed by atoms with van der Waals surface area (Å²) in [7, 11) is 1.63. The average Bonchev–Trinajstić information content (AvgIpc) is 3.38. The number of halogens is 1. The number of ether oxygens (including phenoxy) is 2. The van der Waals surface area contributed by atoms with Crippen LogP contribution in [0.4, 0.5) is 0 Å². The SMILES string of the molecule is COc1ccc(OCc2nnc(SCc3cc(C)no3)n2-c2ccc(C)c(Cl)c2)cc1. The molecule has 7 nitrogen and oxygen atoms in total. The molecule has 0 atom stereocenters. The second-order valence-corrected chi connectivity index (χ2v) is 8.20. The monoisotopic (exact) mass is 456 g/mol. The minimum Gasteiger partial charge on any atom is -0.497 e. The predicted octanol–water partition coefficient (Wildman–Crippen LogP) is 5.41. The first-order valence-corrected chi connectivity index (χ1v) is 10.9. The molecule has 31 heavy (non-hydrogen) atoms. The summed E-state index contributed by atoms with van der Waals surface area (Å²) in [6, 6.07) is 15.2. The van der Waals surface area contributed by atoms with Crippen LogP contribution in [0.2, 0.25) is 5.02 Å². The Morgan fingerprint density at radius 2 is 1.81 bits per heavy atom. The van der Waals surface area contributed by atoms with Crippen LogP contribution in [0.1, 0.15) is 22.8 Å². The number of rotatable bonds is 8. The van der Waals surface area contributed by atoms with Crippen molar-refractivity contribution in [2.24, 2.45) is 0 Å². The van der Waals surface area contributed by atoms with E-state index in [1.807, 2.05) is 66.9 Å². The van der Waals surface area contributed by atoms with Crippen LogP contribution in [0.25, 0.3) is 5.69 Å². The summed E-state index contributed by atoms with van der Waals surface area (Å²) >= 11 is 7.89. The highest BCUT2D eigenvalue weighted by Gasteiger charge is 2.17. The van der Waals surface area contributed by atoms with Gasteiger partial charge in [-0.05, 0) is 55.8 Å². The number of benzene rings is 2. The molecule has 0 unspecified atom stereocenters. The maximum Gasteiger partial charge on any atom is 0.196 e. The lowest BCUT2D eigenvalue weighted by atomic mass is 10.2. The van der Waals surface area contributed by atoms with Gasteiger partial charge in [-0.15, -0.1) is 10.2 Å². The molecular weight excluding hydrogens is 436 g/mol. The zero-order valence-corrected chi connectivity index (χ0v) is 18.9. The molecular formula is C22H21ClN4O3S. The molecule has 0 aliphatic carbocycles. The molecule has 0 saturated carbocycles. The Hall–Kier alpha value is -2.97. The van der Waals surface area contributed by atoms with Crippen molar-refractivity contribution in [3.8, 4) is 17.2 Å². The van der Waals surface area contributed by atoms with E-state index >= 15 is 0 Å². The summed E-state index contributed by atoms with van der Waals surface area (Å²) in [5.41, 5.74) is 2.71. The zero-order valence-electron chi connectivity index (χ0n) is 17.3. The van der Waals surface area contributed by atoms with Gasteiger partial charge in [-0.25, -0.2) is 0 Å². The number of aryl methyl sites for hydroxylation is 2. The number of nitrogens with zero attached hydrogens (tertiary/aromatic N) is 4. The van der Waals surface area contributed by atoms with Crippen LogP contribution in [0.5, 0.6) is 11.5 Å². The molecule has 0 amide bonds. The standard InChI is InChI=1S/C22H21ClN4O3S/c1-14-4-5-16(11-20(14)23)27-21(12-29-18-8-6-17(28-3)7-9-18)24-25-22(27)31-13-19-10-15(2)26-30-19/h4-11H,12-13H2,1-3H3. The molecule has 160 valence electrons. The average molecular weight is 457 g/mol. The fourth-order valence-electron chi connectivity index (χ4n) is 2.91. The smallest absolute Gasteiger partial charge is 0.196 e. The summed E-state index contributed by atoms with van der Waals surface area (Å²) in [6.45, 7) is 4.10. The Morgan fingerprint density at radius 3 is 2.48 bits per heavy atom. The normalized spacial score (nSPS) is 11.0. The van der Waals surface area contributed by atoms with Crippen molar-refractivity contribution in [1.82, 2.24) is 19.9 Å². The molecule has 0 bridgehead atoms. The third-order valence-corrected chi connectivity index (χ3v) is 5.92. The van der Waals surface area contributed by atoms with Crippen LogP contribution in [0, 0.1) is 13.8 Å². The van der Waals surface area contributed by atoms with Gasteiger partial charge in [0.05, 0.1) is 24.2 Å². The number of hydrogen-bond donors (Lipinski definition) is 0. The molecule has 4 aromatic rings. The molecule has 0 radical (unpaired) electrons. The van der Waals surface area contributed by atoms with E-state index in [9.17, 15) is 0 Å². The summed E-state index contributed by atoms with van der Waals surface area (Å²) in [6.07, 6.45) is 0. The number of thioether (sulfide) groups is 1. The van der Waals surface area contributed by atoms with Gasteiger partial charge in [-0.1, -0.05) is 34.6 Å². The largest absolute Gasteiger partial charge is 0.497 e. The number of aromatic nitrogens is 4. The highest BCUT2D eigenvalue weighted by atomic mass is 35.5. The van der Waals surface area contributed by atoms with Crippen molar-refractivity contribution >= 4 is 23.4 Å². The van der Waals surface area contributed by atoms with Gasteiger partial charge in [0.15, 0.2) is 11.0 Å². The van der Waals surface area contributed by atoms with Crippen molar-refractivity contribution in [2.45, 2.75) is 31.4 Å². The van der Waals surface area contributed by atoms with Gasteiger partial charge in [-0.3, -0.25) is 4.57 Å². The predicted molar refractivity (Wildman–Crippen MR) is 119 cm³/mol. The van der Waals surface area contributed by atoms with Crippen LogP contribution in [0.3, 0.4) is 0 Å². The Labute approximate surface area is 189 Å². The van der Waals surface area contributed by atoms with Gasteiger partial charge in [0.1, 0.15) is 23.9 Å². The maximum atomic E-state index is 6.39. The van der Waals surface area contributed by atoms with Crippen molar-refractivity contribution in [3.05, 3.63) is 76.4 Å². The lowest BCUT2D eigenvalue weighted by Crippen LogP contribution is -2.07. The van der Waals surface area contributed by atoms with E-state index in [2.05, 4.69) is 15.4 Å². The van der Waals surface area contributed by atoms with Crippen LogP contribution in [-0.4, -0.2) is 27.0 Å². The molecule has 2 aromatic heterocycles. The van der Waals surface area contributed by atoms with E-state index in [0.29, 0.717) is 27.5 Å². The number of methoxy groups -OCH3 is 1. The summed E-state index contributed by atoms with van der Waals surface area (Å²) in [5, 5.41) is 14.1. The molecule has 0 aliphatic rings. The topological polar surface area (TPSA) is 75.2 Å². The molecule has 9 heteroatoms. The second-order valence-electron chi connectivity index (χ2n) is 6.86. The molecule has 4 rings (SSSR count). The summed E-state index contributed by atoms with van der Waals surface area (Å²) in [5.74, 6) is 3.49. The van der Waals surface area contributed by atoms with Gasteiger partial charge >= 0.3 is 0 Å². The third kappa shape index (κ3) is 5.03. The van der Waals surface area contributed by atoms with Crippen molar-refractivity contribution in [1.29, 1.82) is 0 Å². The molecule has 2 heterocycles. The minimum absolute atomic E-state index is 0.243.